The van der Waals surface area contributed by atoms with Crippen LogP contribution in [0.4, 0.5) is 5.13 Å². The van der Waals surface area contributed by atoms with Gasteiger partial charge in [0.2, 0.25) is 0 Å². The van der Waals surface area contributed by atoms with Crippen LogP contribution < -0.4 is 4.90 Å². The summed E-state index contributed by atoms with van der Waals surface area (Å²) in [7, 11) is 0. The summed E-state index contributed by atoms with van der Waals surface area (Å²) in [5, 5.41) is 1.23. The van der Waals surface area contributed by atoms with E-state index in [0.717, 1.165) is 22.2 Å². The molecule has 162 valence electrons. The molecule has 33 heavy (non-hydrogen) atoms. The van der Waals surface area contributed by atoms with Gasteiger partial charge in [-0.1, -0.05) is 102 Å². The molecule has 1 heterocycles. The van der Waals surface area contributed by atoms with E-state index in [4.69, 9.17) is 16.6 Å². The molecule has 0 aliphatic heterocycles. The first kappa shape index (κ1) is 21.4. The van der Waals surface area contributed by atoms with Gasteiger partial charge in [-0.2, -0.15) is 0 Å². The molecular formula is C28H21ClN2OS. The summed E-state index contributed by atoms with van der Waals surface area (Å²) in [6.07, 6.45) is 0.833. The number of halogens is 1. The lowest BCUT2D eigenvalue weighted by Gasteiger charge is -2.20. The zero-order chi connectivity index (χ0) is 22.6. The van der Waals surface area contributed by atoms with Crippen molar-refractivity contribution in [2.24, 2.45) is 0 Å². The number of rotatable bonds is 6. The monoisotopic (exact) mass is 468 g/mol. The van der Waals surface area contributed by atoms with Crippen LogP contribution in [-0.2, 0) is 13.0 Å². The van der Waals surface area contributed by atoms with E-state index in [1.165, 1.54) is 22.5 Å². The van der Waals surface area contributed by atoms with E-state index < -0.39 is 0 Å². The fourth-order valence-corrected chi connectivity index (χ4v) is 5.03. The molecular weight excluding hydrogens is 448 g/mol. The van der Waals surface area contributed by atoms with Gasteiger partial charge in [-0.15, -0.1) is 0 Å². The number of aromatic nitrogens is 1. The fraction of sp³-hybridized carbons (Fsp3) is 0.0714. The number of carbonyl (C=O) groups is 1. The lowest BCUT2D eigenvalue weighted by atomic mass is 10.0. The highest BCUT2D eigenvalue weighted by Crippen LogP contribution is 2.34. The first-order valence-corrected chi connectivity index (χ1v) is 11.9. The summed E-state index contributed by atoms with van der Waals surface area (Å²) in [5.74, 6) is -0.0831. The van der Waals surface area contributed by atoms with Gasteiger partial charge in [0.25, 0.3) is 5.91 Å². The van der Waals surface area contributed by atoms with Gasteiger partial charge in [-0.25, -0.2) is 4.98 Å². The van der Waals surface area contributed by atoms with Crippen molar-refractivity contribution in [1.29, 1.82) is 0 Å². The number of thiazole rings is 1. The van der Waals surface area contributed by atoms with Gasteiger partial charge in [-0.05, 0) is 47.4 Å². The number of hydrogen-bond acceptors (Lipinski definition) is 3. The van der Waals surface area contributed by atoms with E-state index >= 15 is 0 Å². The van der Waals surface area contributed by atoms with Crippen LogP contribution in [0.2, 0.25) is 5.02 Å². The lowest BCUT2D eigenvalue weighted by Crippen LogP contribution is -2.30. The first-order valence-electron chi connectivity index (χ1n) is 10.7. The maximum absolute atomic E-state index is 13.6. The molecule has 0 aliphatic carbocycles. The number of hydrogen-bond donors (Lipinski definition) is 0. The number of anilines is 1. The molecule has 5 heteroatoms. The molecule has 5 rings (SSSR count). The van der Waals surface area contributed by atoms with Crippen LogP contribution in [-0.4, -0.2) is 10.9 Å². The highest BCUT2D eigenvalue weighted by atomic mass is 35.5. The molecule has 1 aromatic heterocycles. The Morgan fingerprint density at radius 1 is 0.758 bits per heavy atom. The maximum atomic E-state index is 13.6. The molecule has 0 atom stereocenters. The molecule has 0 saturated carbocycles. The molecule has 0 spiro atoms. The summed E-state index contributed by atoms with van der Waals surface area (Å²) in [4.78, 5) is 20.1. The van der Waals surface area contributed by atoms with Crippen molar-refractivity contribution in [2.75, 3.05) is 4.90 Å². The molecule has 0 radical (unpaired) electrons. The van der Waals surface area contributed by atoms with E-state index in [0.29, 0.717) is 22.3 Å². The number of carbonyl (C=O) groups excluding carboxylic acids is 1. The molecule has 0 aliphatic rings. The standard InChI is InChI=1S/C28H21ClN2OS/c29-24-12-7-13-25-26(24)30-28(33-25)31(19-22-10-5-2-6-11-22)27(32)23-16-14-21(15-17-23)18-20-8-3-1-4-9-20/h1-17H,18-19H2. The first-order chi connectivity index (χ1) is 16.2. The summed E-state index contributed by atoms with van der Waals surface area (Å²) in [6.45, 7) is 0.433. The van der Waals surface area contributed by atoms with Crippen LogP contribution in [0.3, 0.4) is 0 Å². The Labute approximate surface area is 201 Å². The summed E-state index contributed by atoms with van der Waals surface area (Å²) in [5.41, 5.74) is 4.81. The Bertz CT molecular complexity index is 1380. The van der Waals surface area contributed by atoms with E-state index in [-0.39, 0.29) is 5.91 Å². The molecule has 0 unspecified atom stereocenters. The number of para-hydroxylation sites is 1. The Balaban J connectivity index is 1.46. The number of nitrogens with zero attached hydrogens (tertiary/aromatic N) is 2. The molecule has 3 nitrogen and oxygen atoms in total. The molecule has 0 bridgehead atoms. The lowest BCUT2D eigenvalue weighted by molar-refractivity contribution is 0.0985. The van der Waals surface area contributed by atoms with Crippen LogP contribution in [0.5, 0.6) is 0 Å². The second-order valence-corrected chi connectivity index (χ2v) is 9.24. The summed E-state index contributed by atoms with van der Waals surface area (Å²) < 4.78 is 0.960. The quantitative estimate of drug-likeness (QED) is 0.260. The number of benzene rings is 4. The summed E-state index contributed by atoms with van der Waals surface area (Å²) in [6, 6.07) is 33.8. The Hall–Kier alpha value is -3.47. The highest BCUT2D eigenvalue weighted by molar-refractivity contribution is 7.22. The van der Waals surface area contributed by atoms with Crippen molar-refractivity contribution >= 4 is 44.2 Å². The van der Waals surface area contributed by atoms with Crippen molar-refractivity contribution in [3.8, 4) is 0 Å². The topological polar surface area (TPSA) is 33.2 Å². The Morgan fingerprint density at radius 2 is 1.39 bits per heavy atom. The molecule has 0 fully saturated rings. The minimum absolute atomic E-state index is 0.0831. The van der Waals surface area contributed by atoms with Gasteiger partial charge in [0.05, 0.1) is 16.3 Å². The van der Waals surface area contributed by atoms with Crippen molar-refractivity contribution in [2.45, 2.75) is 13.0 Å². The van der Waals surface area contributed by atoms with E-state index in [9.17, 15) is 4.79 Å². The van der Waals surface area contributed by atoms with Crippen molar-refractivity contribution in [1.82, 2.24) is 4.98 Å². The van der Waals surface area contributed by atoms with Gasteiger partial charge in [0, 0.05) is 5.56 Å². The normalized spacial score (nSPS) is 10.9. The van der Waals surface area contributed by atoms with E-state index in [1.807, 2.05) is 91.0 Å². The molecule has 4 aromatic carbocycles. The third-order valence-electron chi connectivity index (χ3n) is 5.47. The largest absolute Gasteiger partial charge is 0.279 e. The minimum Gasteiger partial charge on any atom is -0.279 e. The second kappa shape index (κ2) is 9.57. The van der Waals surface area contributed by atoms with Crippen LogP contribution >= 0.6 is 22.9 Å². The van der Waals surface area contributed by atoms with Crippen LogP contribution in [0.1, 0.15) is 27.0 Å². The van der Waals surface area contributed by atoms with Crippen LogP contribution in [0.15, 0.2) is 103 Å². The van der Waals surface area contributed by atoms with Gasteiger partial charge in [0.1, 0.15) is 5.52 Å². The zero-order valence-electron chi connectivity index (χ0n) is 17.8. The predicted molar refractivity (Wildman–Crippen MR) is 137 cm³/mol. The van der Waals surface area contributed by atoms with E-state index in [1.54, 1.807) is 4.90 Å². The maximum Gasteiger partial charge on any atom is 0.260 e. The van der Waals surface area contributed by atoms with Gasteiger partial charge < -0.3 is 0 Å². The van der Waals surface area contributed by atoms with Crippen molar-refractivity contribution in [3.63, 3.8) is 0 Å². The molecule has 0 saturated heterocycles. The summed E-state index contributed by atoms with van der Waals surface area (Å²) >= 11 is 7.83. The van der Waals surface area contributed by atoms with Crippen LogP contribution in [0, 0.1) is 0 Å². The molecule has 1 amide bonds. The third kappa shape index (κ3) is 4.82. The fourth-order valence-electron chi connectivity index (χ4n) is 3.76. The average Bonchev–Trinajstić information content (AvgIpc) is 3.29. The Morgan fingerprint density at radius 3 is 2.06 bits per heavy atom. The predicted octanol–water partition coefficient (Wildman–Crippen LogP) is 7.39. The minimum atomic E-state index is -0.0831. The highest BCUT2D eigenvalue weighted by Gasteiger charge is 2.22. The second-order valence-electron chi connectivity index (χ2n) is 7.82. The average molecular weight is 469 g/mol. The van der Waals surface area contributed by atoms with Crippen molar-refractivity contribution in [3.05, 3.63) is 130 Å². The van der Waals surface area contributed by atoms with E-state index in [2.05, 4.69) is 12.1 Å². The third-order valence-corrected chi connectivity index (χ3v) is 6.82. The van der Waals surface area contributed by atoms with Gasteiger partial charge in [0.15, 0.2) is 5.13 Å². The van der Waals surface area contributed by atoms with Gasteiger partial charge in [-0.3, -0.25) is 9.69 Å². The smallest absolute Gasteiger partial charge is 0.260 e. The zero-order valence-corrected chi connectivity index (χ0v) is 19.4. The van der Waals surface area contributed by atoms with Crippen LogP contribution in [0.25, 0.3) is 10.2 Å². The number of fused-ring (bicyclic) bond motifs is 1. The molecule has 0 N–H and O–H groups in total. The van der Waals surface area contributed by atoms with Crippen molar-refractivity contribution < 1.29 is 4.79 Å². The SMILES string of the molecule is O=C(c1ccc(Cc2ccccc2)cc1)N(Cc1ccccc1)c1nc2c(Cl)cccc2s1. The Kier molecular flexibility index (Phi) is 6.20. The molecule has 5 aromatic rings. The van der Waals surface area contributed by atoms with Gasteiger partial charge >= 0.3 is 0 Å². The number of amides is 1.